The standard InChI is InChI=1S/C16H26N2O/c1-4-16(19)15-10-9-14(11-17-15)18(3)13-7-5-12(2)6-8-13/h9-13,16,19H,4-8H2,1-3H3. The molecule has 1 saturated carbocycles. The molecule has 1 aromatic rings. The molecule has 106 valence electrons. The Bertz CT molecular complexity index is 382. The molecule has 0 amide bonds. The van der Waals surface area contributed by atoms with E-state index in [0.717, 1.165) is 17.3 Å². The third-order valence-electron chi connectivity index (χ3n) is 4.44. The van der Waals surface area contributed by atoms with Gasteiger partial charge in [0.05, 0.1) is 23.7 Å². The Morgan fingerprint density at radius 1 is 1.32 bits per heavy atom. The number of hydrogen-bond donors (Lipinski definition) is 1. The minimum atomic E-state index is -0.435. The van der Waals surface area contributed by atoms with Crippen molar-refractivity contribution in [1.29, 1.82) is 0 Å². The first-order valence-corrected chi connectivity index (χ1v) is 7.48. The maximum atomic E-state index is 9.76. The molecule has 1 aliphatic carbocycles. The van der Waals surface area contributed by atoms with Gasteiger partial charge in [-0.15, -0.1) is 0 Å². The molecule has 3 heteroatoms. The van der Waals surface area contributed by atoms with Crippen molar-refractivity contribution in [3.63, 3.8) is 0 Å². The molecule has 0 aliphatic heterocycles. The van der Waals surface area contributed by atoms with E-state index in [-0.39, 0.29) is 0 Å². The van der Waals surface area contributed by atoms with Gasteiger partial charge >= 0.3 is 0 Å². The summed E-state index contributed by atoms with van der Waals surface area (Å²) < 4.78 is 0. The van der Waals surface area contributed by atoms with Gasteiger partial charge in [-0.1, -0.05) is 13.8 Å². The Morgan fingerprint density at radius 2 is 2.00 bits per heavy atom. The highest BCUT2D eigenvalue weighted by molar-refractivity contribution is 5.45. The van der Waals surface area contributed by atoms with Crippen LogP contribution in [-0.2, 0) is 0 Å². The summed E-state index contributed by atoms with van der Waals surface area (Å²) in [6.45, 7) is 4.31. The van der Waals surface area contributed by atoms with Crippen molar-refractivity contribution in [2.75, 3.05) is 11.9 Å². The van der Waals surface area contributed by atoms with Crippen LogP contribution in [0.1, 0.15) is 57.7 Å². The van der Waals surface area contributed by atoms with Gasteiger partial charge in [0, 0.05) is 13.1 Å². The monoisotopic (exact) mass is 262 g/mol. The lowest BCUT2D eigenvalue weighted by Gasteiger charge is -2.35. The molecular weight excluding hydrogens is 236 g/mol. The fourth-order valence-electron chi connectivity index (χ4n) is 2.85. The number of anilines is 1. The van der Waals surface area contributed by atoms with Crippen LogP contribution in [0.4, 0.5) is 5.69 Å². The molecule has 1 fully saturated rings. The molecule has 0 spiro atoms. The third-order valence-corrected chi connectivity index (χ3v) is 4.44. The van der Waals surface area contributed by atoms with Crippen molar-refractivity contribution < 1.29 is 5.11 Å². The zero-order chi connectivity index (χ0) is 13.8. The molecule has 1 atom stereocenters. The SMILES string of the molecule is CCC(O)c1ccc(N(C)C2CCC(C)CC2)cn1. The van der Waals surface area contributed by atoms with Gasteiger partial charge in [0.1, 0.15) is 0 Å². The van der Waals surface area contributed by atoms with Crippen LogP contribution in [0, 0.1) is 5.92 Å². The largest absolute Gasteiger partial charge is 0.387 e. The van der Waals surface area contributed by atoms with Crippen molar-refractivity contribution in [3.05, 3.63) is 24.0 Å². The zero-order valence-electron chi connectivity index (χ0n) is 12.3. The molecule has 3 nitrogen and oxygen atoms in total. The maximum absolute atomic E-state index is 9.76. The van der Waals surface area contributed by atoms with E-state index in [9.17, 15) is 5.11 Å². The molecule has 0 radical (unpaired) electrons. The fourth-order valence-corrected chi connectivity index (χ4v) is 2.85. The van der Waals surface area contributed by atoms with Crippen LogP contribution >= 0.6 is 0 Å². The maximum Gasteiger partial charge on any atom is 0.0957 e. The topological polar surface area (TPSA) is 36.4 Å². The number of rotatable bonds is 4. The molecule has 19 heavy (non-hydrogen) atoms. The lowest BCUT2D eigenvalue weighted by Crippen LogP contribution is -2.34. The first-order chi connectivity index (χ1) is 9.11. The van der Waals surface area contributed by atoms with Crippen LogP contribution in [-0.4, -0.2) is 23.2 Å². The molecule has 0 bridgehead atoms. The Hall–Kier alpha value is -1.09. The molecule has 1 heterocycles. The molecule has 1 aliphatic rings. The summed E-state index contributed by atoms with van der Waals surface area (Å²) >= 11 is 0. The van der Waals surface area contributed by atoms with Crippen LogP contribution in [0.15, 0.2) is 18.3 Å². The second-order valence-electron chi connectivity index (χ2n) is 5.89. The van der Waals surface area contributed by atoms with Gasteiger partial charge in [0.2, 0.25) is 0 Å². The second kappa shape index (κ2) is 6.38. The molecular formula is C16H26N2O. The number of pyridine rings is 1. The van der Waals surface area contributed by atoms with Crippen LogP contribution in [0.2, 0.25) is 0 Å². The molecule has 1 aromatic heterocycles. The average molecular weight is 262 g/mol. The first kappa shape index (κ1) is 14.3. The van der Waals surface area contributed by atoms with Gasteiger partial charge in [-0.25, -0.2) is 0 Å². The van der Waals surface area contributed by atoms with Crippen molar-refractivity contribution in [2.24, 2.45) is 5.92 Å². The number of nitrogens with zero attached hydrogens (tertiary/aromatic N) is 2. The van der Waals surface area contributed by atoms with Gasteiger partial charge in [0.15, 0.2) is 0 Å². The number of aromatic nitrogens is 1. The summed E-state index contributed by atoms with van der Waals surface area (Å²) in [6, 6.07) is 4.67. The highest BCUT2D eigenvalue weighted by Crippen LogP contribution is 2.29. The van der Waals surface area contributed by atoms with E-state index >= 15 is 0 Å². The van der Waals surface area contributed by atoms with Gasteiger partial charge < -0.3 is 10.0 Å². The predicted octanol–water partition coefficient (Wildman–Crippen LogP) is 3.54. The number of hydrogen-bond acceptors (Lipinski definition) is 3. The van der Waals surface area contributed by atoms with E-state index in [1.807, 2.05) is 19.2 Å². The minimum absolute atomic E-state index is 0.435. The zero-order valence-corrected chi connectivity index (χ0v) is 12.3. The van der Waals surface area contributed by atoms with Crippen molar-refractivity contribution in [1.82, 2.24) is 4.98 Å². The number of aliphatic hydroxyl groups is 1. The smallest absolute Gasteiger partial charge is 0.0957 e. The molecule has 1 N–H and O–H groups in total. The van der Waals surface area contributed by atoms with E-state index in [4.69, 9.17) is 0 Å². The highest BCUT2D eigenvalue weighted by Gasteiger charge is 2.22. The van der Waals surface area contributed by atoms with Gasteiger partial charge in [0.25, 0.3) is 0 Å². The summed E-state index contributed by atoms with van der Waals surface area (Å²) in [7, 11) is 2.16. The highest BCUT2D eigenvalue weighted by atomic mass is 16.3. The normalized spacial score (nSPS) is 25.1. The van der Waals surface area contributed by atoms with Crippen LogP contribution in [0.25, 0.3) is 0 Å². The molecule has 2 rings (SSSR count). The summed E-state index contributed by atoms with van der Waals surface area (Å²) in [4.78, 5) is 6.74. The van der Waals surface area contributed by atoms with E-state index in [1.54, 1.807) is 0 Å². The lowest BCUT2D eigenvalue weighted by atomic mass is 9.86. The van der Waals surface area contributed by atoms with Crippen molar-refractivity contribution in [2.45, 2.75) is 58.1 Å². The molecule has 1 unspecified atom stereocenters. The second-order valence-corrected chi connectivity index (χ2v) is 5.89. The van der Waals surface area contributed by atoms with Crippen LogP contribution < -0.4 is 4.90 Å². The van der Waals surface area contributed by atoms with Gasteiger partial charge in [-0.05, 0) is 50.2 Å². The van der Waals surface area contributed by atoms with Gasteiger partial charge in [-0.2, -0.15) is 0 Å². The van der Waals surface area contributed by atoms with Gasteiger partial charge in [-0.3, -0.25) is 4.98 Å². The van der Waals surface area contributed by atoms with Crippen molar-refractivity contribution >= 4 is 5.69 Å². The quantitative estimate of drug-likeness (QED) is 0.901. The van der Waals surface area contributed by atoms with E-state index < -0.39 is 6.10 Å². The van der Waals surface area contributed by atoms with E-state index in [0.29, 0.717) is 12.5 Å². The Labute approximate surface area is 116 Å². The summed E-state index contributed by atoms with van der Waals surface area (Å²) in [5, 5.41) is 9.76. The Balaban J connectivity index is 2.01. The average Bonchev–Trinajstić information content (AvgIpc) is 2.46. The van der Waals surface area contributed by atoms with Crippen LogP contribution in [0.3, 0.4) is 0 Å². The molecule has 0 saturated heterocycles. The van der Waals surface area contributed by atoms with E-state index in [2.05, 4.69) is 29.9 Å². The summed E-state index contributed by atoms with van der Waals surface area (Å²) in [5.41, 5.74) is 1.93. The summed E-state index contributed by atoms with van der Waals surface area (Å²) in [5.74, 6) is 0.879. The number of aliphatic hydroxyl groups excluding tert-OH is 1. The minimum Gasteiger partial charge on any atom is -0.387 e. The Morgan fingerprint density at radius 3 is 2.53 bits per heavy atom. The first-order valence-electron chi connectivity index (χ1n) is 7.48. The predicted molar refractivity (Wildman–Crippen MR) is 79.3 cm³/mol. The van der Waals surface area contributed by atoms with Crippen LogP contribution in [0.5, 0.6) is 0 Å². The van der Waals surface area contributed by atoms with Crippen molar-refractivity contribution in [3.8, 4) is 0 Å². The lowest BCUT2D eigenvalue weighted by molar-refractivity contribution is 0.169. The molecule has 0 aromatic carbocycles. The third kappa shape index (κ3) is 3.47. The Kier molecular flexibility index (Phi) is 4.81. The fraction of sp³-hybridized carbons (Fsp3) is 0.688. The van der Waals surface area contributed by atoms with E-state index in [1.165, 1.54) is 25.7 Å². The summed E-state index contributed by atoms with van der Waals surface area (Å²) in [6.07, 6.45) is 7.38.